The molecule has 0 spiro atoms. The van der Waals surface area contributed by atoms with Crippen LogP contribution in [-0.4, -0.2) is 43.2 Å². The molecular weight excluding hydrogens is 317 g/mol. The lowest BCUT2D eigenvalue weighted by Gasteiger charge is -2.15. The Morgan fingerprint density at radius 2 is 1.91 bits per heavy atom. The van der Waals surface area contributed by atoms with Crippen molar-refractivity contribution >= 4 is 6.03 Å². The number of alkyl halides is 3. The van der Waals surface area contributed by atoms with E-state index < -0.39 is 18.5 Å². The number of hydrazine groups is 1. The maximum absolute atomic E-state index is 12.0. The zero-order valence-electron chi connectivity index (χ0n) is 12.0. The average Bonchev–Trinajstić information content (AvgIpc) is 2.97. The van der Waals surface area contributed by atoms with E-state index in [0.717, 1.165) is 12.1 Å². The van der Waals surface area contributed by atoms with Crippen LogP contribution in [-0.2, 0) is 0 Å². The van der Waals surface area contributed by atoms with Crippen LogP contribution in [0.5, 0.6) is 5.75 Å². The van der Waals surface area contributed by atoms with Crippen molar-refractivity contribution in [3.05, 3.63) is 29.8 Å². The van der Waals surface area contributed by atoms with E-state index in [-0.39, 0.29) is 18.3 Å². The molecule has 2 rings (SSSR count). The minimum absolute atomic E-state index is 0.0501. The Labute approximate surface area is 130 Å². The number of ether oxygens (including phenoxy) is 1. The van der Waals surface area contributed by atoms with E-state index in [0.29, 0.717) is 18.7 Å². The molecule has 7 nitrogen and oxygen atoms in total. The lowest BCUT2D eigenvalue weighted by atomic mass is 10.1. The average molecular weight is 334 g/mol. The third kappa shape index (κ3) is 5.93. The number of carbonyl (C=O) groups is 1. The first-order valence-electron chi connectivity index (χ1n) is 6.87. The maximum Gasteiger partial charge on any atom is 0.573 e. The van der Waals surface area contributed by atoms with Gasteiger partial charge in [-0.05, 0) is 17.7 Å². The third-order valence-electron chi connectivity index (χ3n) is 3.11. The van der Waals surface area contributed by atoms with Gasteiger partial charge < -0.3 is 20.5 Å². The smallest absolute Gasteiger partial charge is 0.406 e. The molecular formula is C13H17F3N4O3. The summed E-state index contributed by atoms with van der Waals surface area (Å²) in [6.07, 6.45) is -5.80. The van der Waals surface area contributed by atoms with Gasteiger partial charge in [-0.3, -0.25) is 10.9 Å². The number of amides is 2. The van der Waals surface area contributed by atoms with Gasteiger partial charge in [-0.15, -0.1) is 13.2 Å². The van der Waals surface area contributed by atoms with Gasteiger partial charge in [0.25, 0.3) is 0 Å². The van der Waals surface area contributed by atoms with Crippen molar-refractivity contribution in [2.45, 2.75) is 18.5 Å². The maximum atomic E-state index is 12.0. The van der Waals surface area contributed by atoms with Crippen molar-refractivity contribution < 1.29 is 27.8 Å². The van der Waals surface area contributed by atoms with E-state index in [4.69, 9.17) is 0 Å². The summed E-state index contributed by atoms with van der Waals surface area (Å²) in [6.45, 7) is 1.12. The van der Waals surface area contributed by atoms with Gasteiger partial charge in [0, 0.05) is 19.6 Å². The highest BCUT2D eigenvalue weighted by Gasteiger charge is 2.31. The Kier molecular flexibility index (Phi) is 5.64. The van der Waals surface area contributed by atoms with Crippen LogP contribution >= 0.6 is 0 Å². The molecule has 128 valence electrons. The molecule has 1 saturated heterocycles. The van der Waals surface area contributed by atoms with Crippen LogP contribution in [0, 0.1) is 0 Å². The summed E-state index contributed by atoms with van der Waals surface area (Å²) in [5.74, 6) is -0.375. The Balaban J connectivity index is 1.78. The molecule has 1 unspecified atom stereocenters. The molecule has 23 heavy (non-hydrogen) atoms. The molecule has 1 heterocycles. The number of hydrogen-bond acceptors (Lipinski definition) is 5. The largest absolute Gasteiger partial charge is 0.573 e. The zero-order chi connectivity index (χ0) is 16.9. The van der Waals surface area contributed by atoms with Gasteiger partial charge in [-0.2, -0.15) is 0 Å². The monoisotopic (exact) mass is 334 g/mol. The number of hydrogen-bond donors (Lipinski definition) is 5. The number of benzene rings is 1. The first-order valence-corrected chi connectivity index (χ1v) is 6.87. The van der Waals surface area contributed by atoms with Gasteiger partial charge in [-0.25, -0.2) is 4.79 Å². The lowest BCUT2D eigenvalue weighted by molar-refractivity contribution is -0.274. The summed E-state index contributed by atoms with van der Waals surface area (Å²) in [5, 5.41) is 15.1. The van der Waals surface area contributed by atoms with Crippen LogP contribution in [0.25, 0.3) is 0 Å². The van der Waals surface area contributed by atoms with Crippen molar-refractivity contribution in [2.24, 2.45) is 0 Å². The molecule has 1 aromatic rings. The summed E-state index contributed by atoms with van der Waals surface area (Å²) in [5.41, 5.74) is 6.08. The Bertz CT molecular complexity index is 518. The van der Waals surface area contributed by atoms with Crippen molar-refractivity contribution in [3.8, 4) is 5.75 Å². The van der Waals surface area contributed by atoms with Gasteiger partial charge in [0.05, 0.1) is 12.1 Å². The zero-order valence-corrected chi connectivity index (χ0v) is 12.0. The molecule has 0 aliphatic carbocycles. The van der Waals surface area contributed by atoms with E-state index in [1.54, 1.807) is 0 Å². The molecule has 0 aromatic heterocycles. The highest BCUT2D eigenvalue weighted by atomic mass is 19.4. The molecule has 10 heteroatoms. The Morgan fingerprint density at radius 3 is 2.48 bits per heavy atom. The van der Waals surface area contributed by atoms with E-state index in [9.17, 15) is 23.1 Å². The SMILES string of the molecule is O=C(NCC(O)c1ccc(OC(F)(F)F)cc1)NC1CNNC1. The number of halogens is 3. The predicted octanol–water partition coefficient (Wildman–Crippen LogP) is 0.394. The van der Waals surface area contributed by atoms with Gasteiger partial charge in [-0.1, -0.05) is 12.1 Å². The van der Waals surface area contributed by atoms with E-state index in [2.05, 4.69) is 26.2 Å². The van der Waals surface area contributed by atoms with E-state index in [1.165, 1.54) is 12.1 Å². The summed E-state index contributed by atoms with van der Waals surface area (Å²) < 4.78 is 39.9. The minimum atomic E-state index is -4.76. The number of aliphatic hydroxyl groups excluding tert-OH is 1. The summed E-state index contributed by atoms with van der Waals surface area (Å²) in [6, 6.07) is 4.32. The van der Waals surface area contributed by atoms with Crippen molar-refractivity contribution in [1.82, 2.24) is 21.5 Å². The summed E-state index contributed by atoms with van der Waals surface area (Å²) in [4.78, 5) is 11.6. The van der Waals surface area contributed by atoms with Gasteiger partial charge in [0.2, 0.25) is 0 Å². The topological polar surface area (TPSA) is 94.7 Å². The summed E-state index contributed by atoms with van der Waals surface area (Å²) in [7, 11) is 0. The predicted molar refractivity (Wildman–Crippen MR) is 74.4 cm³/mol. The molecule has 0 bridgehead atoms. The molecule has 1 fully saturated rings. The fourth-order valence-electron chi connectivity index (χ4n) is 2.00. The van der Waals surface area contributed by atoms with Crippen LogP contribution in [0.15, 0.2) is 24.3 Å². The number of aliphatic hydroxyl groups is 1. The quantitative estimate of drug-likeness (QED) is 0.537. The Hall–Kier alpha value is -2.04. The molecule has 5 N–H and O–H groups in total. The van der Waals surface area contributed by atoms with Crippen LogP contribution in [0.2, 0.25) is 0 Å². The highest BCUT2D eigenvalue weighted by molar-refractivity contribution is 5.74. The second-order valence-electron chi connectivity index (χ2n) is 4.95. The molecule has 1 aliphatic rings. The number of carbonyl (C=O) groups excluding carboxylic acids is 1. The van der Waals surface area contributed by atoms with Gasteiger partial charge in [0.15, 0.2) is 0 Å². The first-order chi connectivity index (χ1) is 10.8. The molecule has 1 aliphatic heterocycles. The lowest BCUT2D eigenvalue weighted by Crippen LogP contribution is -2.45. The highest BCUT2D eigenvalue weighted by Crippen LogP contribution is 2.24. The van der Waals surface area contributed by atoms with Crippen LogP contribution < -0.4 is 26.2 Å². The molecule has 0 saturated carbocycles. The van der Waals surface area contributed by atoms with Crippen LogP contribution in [0.4, 0.5) is 18.0 Å². The second-order valence-corrected chi connectivity index (χ2v) is 4.95. The van der Waals surface area contributed by atoms with Gasteiger partial charge in [0.1, 0.15) is 5.75 Å². The number of urea groups is 1. The molecule has 0 radical (unpaired) electrons. The normalized spacial score (nSPS) is 16.9. The van der Waals surface area contributed by atoms with E-state index in [1.807, 2.05) is 0 Å². The minimum Gasteiger partial charge on any atom is -0.406 e. The van der Waals surface area contributed by atoms with Crippen molar-refractivity contribution in [1.29, 1.82) is 0 Å². The van der Waals surface area contributed by atoms with Crippen LogP contribution in [0.3, 0.4) is 0 Å². The molecule has 1 atom stereocenters. The van der Waals surface area contributed by atoms with Crippen molar-refractivity contribution in [2.75, 3.05) is 19.6 Å². The fourth-order valence-corrected chi connectivity index (χ4v) is 2.00. The van der Waals surface area contributed by atoms with E-state index >= 15 is 0 Å². The van der Waals surface area contributed by atoms with Gasteiger partial charge >= 0.3 is 12.4 Å². The second kappa shape index (κ2) is 7.49. The number of nitrogens with one attached hydrogen (secondary N) is 4. The fraction of sp³-hybridized carbons (Fsp3) is 0.462. The van der Waals surface area contributed by atoms with Crippen molar-refractivity contribution in [3.63, 3.8) is 0 Å². The first kappa shape index (κ1) is 17.3. The number of rotatable bonds is 5. The Morgan fingerprint density at radius 1 is 1.30 bits per heavy atom. The molecule has 1 aromatic carbocycles. The molecule has 2 amide bonds. The van der Waals surface area contributed by atoms with Crippen LogP contribution in [0.1, 0.15) is 11.7 Å². The standard InChI is InChI=1S/C13H17F3N4O3/c14-13(15,16)23-10-3-1-8(2-4-10)11(21)7-17-12(22)20-9-5-18-19-6-9/h1-4,9,11,18-19,21H,5-7H2,(H2,17,20,22). The third-order valence-corrected chi connectivity index (χ3v) is 3.11. The summed E-state index contributed by atoms with van der Waals surface area (Å²) >= 11 is 0.